The number of aromatic nitrogens is 2. The van der Waals surface area contributed by atoms with Crippen LogP contribution < -0.4 is 11.1 Å². The number of hydrogen-bond acceptors (Lipinski definition) is 7. The van der Waals surface area contributed by atoms with Gasteiger partial charge in [-0.2, -0.15) is 0 Å². The molecule has 0 aromatic carbocycles. The highest BCUT2D eigenvalue weighted by Crippen LogP contribution is 2.18. The second-order valence-corrected chi connectivity index (χ2v) is 7.11. The number of nitrogens with one attached hydrogen (secondary N) is 1. The molecule has 0 unspecified atom stereocenters. The van der Waals surface area contributed by atoms with Gasteiger partial charge in [-0.3, -0.25) is 0 Å². The van der Waals surface area contributed by atoms with Crippen molar-refractivity contribution < 1.29 is 13.2 Å². The van der Waals surface area contributed by atoms with E-state index < -0.39 is 9.84 Å². The smallest absolute Gasteiger partial charge is 0.158 e. The molecule has 0 radical (unpaired) electrons. The first kappa shape index (κ1) is 15.0. The highest BCUT2D eigenvalue weighted by molar-refractivity contribution is 7.91. The van der Waals surface area contributed by atoms with Crippen LogP contribution in [-0.4, -0.2) is 42.5 Å². The maximum absolute atomic E-state index is 11.4. The molecule has 2 rings (SSSR count). The predicted molar refractivity (Wildman–Crippen MR) is 77.1 cm³/mol. The van der Waals surface area contributed by atoms with E-state index in [9.17, 15) is 8.42 Å². The molecule has 112 valence electrons. The SMILES string of the molecule is CCOCc1nc(N)cc(NC2CCS(=O)(=O)CC2)n1. The molecular formula is C12H20N4O3S. The highest BCUT2D eigenvalue weighted by Gasteiger charge is 2.23. The number of sulfone groups is 1. The molecule has 3 N–H and O–H groups in total. The van der Waals surface area contributed by atoms with E-state index in [1.54, 1.807) is 6.07 Å². The number of nitrogen functional groups attached to an aromatic ring is 1. The minimum absolute atomic E-state index is 0.104. The van der Waals surface area contributed by atoms with Crippen LogP contribution >= 0.6 is 0 Å². The van der Waals surface area contributed by atoms with Gasteiger partial charge in [0.2, 0.25) is 0 Å². The Morgan fingerprint density at radius 3 is 2.75 bits per heavy atom. The molecule has 20 heavy (non-hydrogen) atoms. The third-order valence-electron chi connectivity index (χ3n) is 3.13. The average Bonchev–Trinajstić information content (AvgIpc) is 2.38. The summed E-state index contributed by atoms with van der Waals surface area (Å²) in [5, 5.41) is 3.23. The lowest BCUT2D eigenvalue weighted by Gasteiger charge is -2.23. The van der Waals surface area contributed by atoms with Gasteiger partial charge in [0.15, 0.2) is 5.82 Å². The summed E-state index contributed by atoms with van der Waals surface area (Å²) in [4.78, 5) is 8.42. The van der Waals surface area contributed by atoms with Crippen molar-refractivity contribution >= 4 is 21.5 Å². The van der Waals surface area contributed by atoms with E-state index in [2.05, 4.69) is 15.3 Å². The first-order chi connectivity index (χ1) is 9.48. The second kappa shape index (κ2) is 6.36. The number of nitrogens with two attached hydrogens (primary N) is 1. The van der Waals surface area contributed by atoms with Crippen molar-refractivity contribution in [3.8, 4) is 0 Å². The summed E-state index contributed by atoms with van der Waals surface area (Å²) in [5.41, 5.74) is 5.74. The van der Waals surface area contributed by atoms with Gasteiger partial charge in [0.25, 0.3) is 0 Å². The molecule has 7 nitrogen and oxygen atoms in total. The van der Waals surface area contributed by atoms with Crippen molar-refractivity contribution in [1.29, 1.82) is 0 Å². The summed E-state index contributed by atoms with van der Waals surface area (Å²) in [6, 6.07) is 1.76. The molecule has 1 aliphatic heterocycles. The molecule has 1 saturated heterocycles. The number of rotatable bonds is 5. The first-order valence-electron chi connectivity index (χ1n) is 6.66. The monoisotopic (exact) mass is 300 g/mol. The molecule has 1 aromatic heterocycles. The average molecular weight is 300 g/mol. The van der Waals surface area contributed by atoms with E-state index in [0.717, 1.165) is 0 Å². The van der Waals surface area contributed by atoms with Crippen molar-refractivity contribution in [2.45, 2.75) is 32.4 Å². The summed E-state index contributed by atoms with van der Waals surface area (Å²) in [6.07, 6.45) is 1.18. The van der Waals surface area contributed by atoms with Crippen LogP contribution in [0, 0.1) is 0 Å². The van der Waals surface area contributed by atoms with E-state index in [4.69, 9.17) is 10.5 Å². The third-order valence-corrected chi connectivity index (χ3v) is 4.85. The molecule has 1 fully saturated rings. The standard InChI is InChI=1S/C12H20N4O3S/c1-2-19-8-12-15-10(13)7-11(16-12)14-9-3-5-20(17,18)6-4-9/h7,9H,2-6,8H2,1H3,(H3,13,14,15,16). The summed E-state index contributed by atoms with van der Waals surface area (Å²) in [6.45, 7) is 2.80. The quantitative estimate of drug-likeness (QED) is 0.819. The van der Waals surface area contributed by atoms with Crippen molar-refractivity contribution in [2.75, 3.05) is 29.2 Å². The third kappa shape index (κ3) is 4.31. The number of anilines is 2. The minimum atomic E-state index is -2.85. The molecule has 0 aliphatic carbocycles. The largest absolute Gasteiger partial charge is 0.384 e. The van der Waals surface area contributed by atoms with Gasteiger partial charge in [0, 0.05) is 18.7 Å². The van der Waals surface area contributed by atoms with E-state index in [1.165, 1.54) is 0 Å². The maximum atomic E-state index is 11.4. The molecule has 2 heterocycles. The zero-order valence-corrected chi connectivity index (χ0v) is 12.3. The van der Waals surface area contributed by atoms with Gasteiger partial charge in [0.1, 0.15) is 28.1 Å². The minimum Gasteiger partial charge on any atom is -0.384 e. The van der Waals surface area contributed by atoms with E-state index in [0.29, 0.717) is 43.5 Å². The zero-order chi connectivity index (χ0) is 14.6. The van der Waals surface area contributed by atoms with Gasteiger partial charge in [0.05, 0.1) is 11.5 Å². The summed E-state index contributed by atoms with van der Waals surface area (Å²) >= 11 is 0. The molecular weight excluding hydrogens is 280 g/mol. The fraction of sp³-hybridized carbons (Fsp3) is 0.667. The Bertz CT molecular complexity index is 548. The maximum Gasteiger partial charge on any atom is 0.158 e. The fourth-order valence-electron chi connectivity index (χ4n) is 2.09. The van der Waals surface area contributed by atoms with Crippen LogP contribution in [-0.2, 0) is 21.2 Å². The predicted octanol–water partition coefficient (Wildman–Crippen LogP) is 0.584. The summed E-state index contributed by atoms with van der Waals surface area (Å²) in [7, 11) is -2.85. The zero-order valence-electron chi connectivity index (χ0n) is 11.5. The van der Waals surface area contributed by atoms with Crippen LogP contribution in [0.1, 0.15) is 25.6 Å². The van der Waals surface area contributed by atoms with Crippen molar-refractivity contribution in [3.05, 3.63) is 11.9 Å². The number of hydrogen-bond donors (Lipinski definition) is 2. The van der Waals surface area contributed by atoms with Gasteiger partial charge < -0.3 is 15.8 Å². The van der Waals surface area contributed by atoms with Gasteiger partial charge in [-0.25, -0.2) is 18.4 Å². The van der Waals surface area contributed by atoms with E-state index in [-0.39, 0.29) is 17.5 Å². The molecule has 0 atom stereocenters. The van der Waals surface area contributed by atoms with Crippen LogP contribution in [0.15, 0.2) is 6.07 Å². The van der Waals surface area contributed by atoms with Crippen LogP contribution in [0.25, 0.3) is 0 Å². The lowest BCUT2D eigenvalue weighted by atomic mass is 10.1. The lowest BCUT2D eigenvalue weighted by molar-refractivity contribution is 0.128. The Morgan fingerprint density at radius 2 is 2.10 bits per heavy atom. The Kier molecular flexibility index (Phi) is 4.77. The molecule has 1 aromatic rings. The van der Waals surface area contributed by atoms with Crippen LogP contribution in [0.5, 0.6) is 0 Å². The topological polar surface area (TPSA) is 107 Å². The van der Waals surface area contributed by atoms with Crippen molar-refractivity contribution in [2.24, 2.45) is 0 Å². The molecule has 0 spiro atoms. The Balaban J connectivity index is 2.00. The first-order valence-corrected chi connectivity index (χ1v) is 8.49. The normalized spacial score (nSPS) is 18.9. The summed E-state index contributed by atoms with van der Waals surface area (Å²) in [5.74, 6) is 1.96. The second-order valence-electron chi connectivity index (χ2n) is 4.80. The van der Waals surface area contributed by atoms with Gasteiger partial charge in [-0.15, -0.1) is 0 Å². The van der Waals surface area contributed by atoms with Crippen molar-refractivity contribution in [3.63, 3.8) is 0 Å². The van der Waals surface area contributed by atoms with Crippen LogP contribution in [0.3, 0.4) is 0 Å². The number of ether oxygens (including phenoxy) is 1. The van der Waals surface area contributed by atoms with Gasteiger partial charge >= 0.3 is 0 Å². The molecule has 8 heteroatoms. The van der Waals surface area contributed by atoms with Crippen LogP contribution in [0.2, 0.25) is 0 Å². The van der Waals surface area contributed by atoms with Gasteiger partial charge in [-0.05, 0) is 19.8 Å². The Hall–Kier alpha value is -1.41. The Labute approximate surface area is 118 Å². The summed E-state index contributed by atoms with van der Waals surface area (Å²) < 4.78 is 28.0. The Morgan fingerprint density at radius 1 is 1.40 bits per heavy atom. The molecule has 0 amide bonds. The lowest BCUT2D eigenvalue weighted by Crippen LogP contribution is -2.32. The molecule has 1 aliphatic rings. The molecule has 0 bridgehead atoms. The van der Waals surface area contributed by atoms with Gasteiger partial charge in [-0.1, -0.05) is 0 Å². The van der Waals surface area contributed by atoms with E-state index >= 15 is 0 Å². The van der Waals surface area contributed by atoms with E-state index in [1.807, 2.05) is 6.92 Å². The van der Waals surface area contributed by atoms with Crippen LogP contribution in [0.4, 0.5) is 11.6 Å². The fourth-order valence-corrected chi connectivity index (χ4v) is 3.58. The highest BCUT2D eigenvalue weighted by atomic mass is 32.2. The number of nitrogens with zero attached hydrogens (tertiary/aromatic N) is 2. The van der Waals surface area contributed by atoms with Crippen molar-refractivity contribution in [1.82, 2.24) is 9.97 Å². The molecule has 0 saturated carbocycles.